The fourth-order valence-electron chi connectivity index (χ4n) is 8.03. The molecule has 0 aromatic rings. The summed E-state index contributed by atoms with van der Waals surface area (Å²) in [7, 11) is 0. The van der Waals surface area contributed by atoms with Gasteiger partial charge in [0.2, 0.25) is 5.91 Å². The highest BCUT2D eigenvalue weighted by atomic mass is 16.7. The van der Waals surface area contributed by atoms with E-state index in [4.69, 9.17) is 9.47 Å². The van der Waals surface area contributed by atoms with Gasteiger partial charge in [-0.25, -0.2) is 0 Å². The summed E-state index contributed by atoms with van der Waals surface area (Å²) in [4.78, 5) is 13.0. The van der Waals surface area contributed by atoms with Crippen molar-refractivity contribution < 1.29 is 39.8 Å². The Morgan fingerprint density at radius 1 is 0.507 bits per heavy atom. The molecule has 7 unspecified atom stereocenters. The average Bonchev–Trinajstić information content (AvgIpc) is 3.35. The lowest BCUT2D eigenvalue weighted by atomic mass is 9.99. The van der Waals surface area contributed by atoms with Crippen LogP contribution in [0.4, 0.5) is 0 Å². The Kier molecular flexibility index (Phi) is 44.9. The summed E-state index contributed by atoms with van der Waals surface area (Å²) in [6.07, 6.45) is 64.0. The van der Waals surface area contributed by atoms with Crippen LogP contribution in [0.25, 0.3) is 0 Å². The van der Waals surface area contributed by atoms with Crippen LogP contribution in [0.15, 0.2) is 109 Å². The number of nitrogens with one attached hydrogen (secondary N) is 1. The normalized spacial score (nSPS) is 20.4. The summed E-state index contributed by atoms with van der Waals surface area (Å²) in [6, 6.07) is -0.731. The van der Waals surface area contributed by atoms with E-state index in [1.807, 2.05) is 0 Å². The lowest BCUT2D eigenvalue weighted by Gasteiger charge is -2.40. The van der Waals surface area contributed by atoms with Gasteiger partial charge < -0.3 is 40.3 Å². The van der Waals surface area contributed by atoms with Gasteiger partial charge in [-0.05, 0) is 83.5 Å². The molecule has 6 N–H and O–H groups in total. The van der Waals surface area contributed by atoms with Crippen molar-refractivity contribution in [2.45, 2.75) is 249 Å². The summed E-state index contributed by atoms with van der Waals surface area (Å²) in [5, 5.41) is 54.4. The first-order valence-electron chi connectivity index (χ1n) is 27.6. The van der Waals surface area contributed by atoms with Gasteiger partial charge in [-0.3, -0.25) is 4.79 Å². The molecule has 1 fully saturated rings. The molecule has 69 heavy (non-hydrogen) atoms. The van der Waals surface area contributed by atoms with Gasteiger partial charge in [-0.2, -0.15) is 0 Å². The Balaban J connectivity index is 2.18. The number of aliphatic hydroxyl groups is 5. The van der Waals surface area contributed by atoms with E-state index < -0.39 is 49.5 Å². The summed E-state index contributed by atoms with van der Waals surface area (Å²) >= 11 is 0. The number of allylic oxidation sites excluding steroid dienone is 18. The van der Waals surface area contributed by atoms with Crippen LogP contribution >= 0.6 is 0 Å². The maximum absolute atomic E-state index is 13.0. The fourth-order valence-corrected chi connectivity index (χ4v) is 8.03. The van der Waals surface area contributed by atoms with Crippen LogP contribution in [0.2, 0.25) is 0 Å². The van der Waals surface area contributed by atoms with E-state index in [0.717, 1.165) is 109 Å². The highest BCUT2D eigenvalue weighted by molar-refractivity contribution is 5.76. The van der Waals surface area contributed by atoms with E-state index in [1.54, 1.807) is 0 Å². The van der Waals surface area contributed by atoms with Gasteiger partial charge in [0.15, 0.2) is 6.29 Å². The van der Waals surface area contributed by atoms with Gasteiger partial charge in [0.05, 0.1) is 25.4 Å². The van der Waals surface area contributed by atoms with Crippen LogP contribution < -0.4 is 5.32 Å². The summed E-state index contributed by atoms with van der Waals surface area (Å²) in [5.41, 5.74) is 0. The van der Waals surface area contributed by atoms with Crippen molar-refractivity contribution in [1.82, 2.24) is 5.32 Å². The average molecular weight is 964 g/mol. The predicted molar refractivity (Wildman–Crippen MR) is 290 cm³/mol. The van der Waals surface area contributed by atoms with Crippen LogP contribution in [0.1, 0.15) is 206 Å². The Morgan fingerprint density at radius 3 is 1.33 bits per heavy atom. The Labute approximate surface area is 421 Å². The number of carbonyl (C=O) groups is 1. The minimum Gasteiger partial charge on any atom is -0.394 e. The first-order chi connectivity index (χ1) is 33.8. The number of aliphatic hydroxyl groups excluding tert-OH is 5. The molecule has 0 saturated carbocycles. The van der Waals surface area contributed by atoms with E-state index >= 15 is 0 Å². The van der Waals surface area contributed by atoms with Crippen molar-refractivity contribution in [3.63, 3.8) is 0 Å². The molecule has 1 heterocycles. The van der Waals surface area contributed by atoms with Crippen molar-refractivity contribution in [2.75, 3.05) is 13.2 Å². The van der Waals surface area contributed by atoms with E-state index in [0.29, 0.717) is 12.8 Å². The molecule has 7 atom stereocenters. The molecule has 0 spiro atoms. The molecule has 1 saturated heterocycles. The molecule has 9 nitrogen and oxygen atoms in total. The molecule has 0 bridgehead atoms. The number of amides is 1. The van der Waals surface area contributed by atoms with E-state index in [9.17, 15) is 30.3 Å². The number of hydrogen-bond acceptors (Lipinski definition) is 8. The van der Waals surface area contributed by atoms with Crippen molar-refractivity contribution in [3.05, 3.63) is 109 Å². The van der Waals surface area contributed by atoms with Crippen LogP contribution in [-0.2, 0) is 14.3 Å². The van der Waals surface area contributed by atoms with E-state index in [-0.39, 0.29) is 12.5 Å². The molecule has 394 valence electrons. The molecular formula is C60H101NO8. The first-order valence-corrected chi connectivity index (χ1v) is 27.6. The van der Waals surface area contributed by atoms with Crippen molar-refractivity contribution in [3.8, 4) is 0 Å². The molecule has 0 aromatic heterocycles. The second kappa shape index (κ2) is 48.5. The van der Waals surface area contributed by atoms with Crippen molar-refractivity contribution >= 4 is 5.91 Å². The molecule has 9 heteroatoms. The largest absolute Gasteiger partial charge is 0.394 e. The van der Waals surface area contributed by atoms with Gasteiger partial charge in [0, 0.05) is 6.42 Å². The Morgan fingerprint density at radius 2 is 0.899 bits per heavy atom. The number of unbranched alkanes of at least 4 members (excludes halogenated alkanes) is 17. The summed E-state index contributed by atoms with van der Waals surface area (Å²) in [6.45, 7) is 3.69. The Hall–Kier alpha value is -3.15. The van der Waals surface area contributed by atoms with Crippen LogP contribution in [0, 0.1) is 0 Å². The van der Waals surface area contributed by atoms with E-state index in [1.165, 1.54) is 70.6 Å². The van der Waals surface area contributed by atoms with Crippen molar-refractivity contribution in [2.24, 2.45) is 0 Å². The zero-order valence-corrected chi connectivity index (χ0v) is 43.5. The number of ether oxygens (including phenoxy) is 2. The van der Waals surface area contributed by atoms with E-state index in [2.05, 4.69) is 129 Å². The summed E-state index contributed by atoms with van der Waals surface area (Å²) < 4.78 is 11.3. The number of hydrogen-bond donors (Lipinski definition) is 6. The third kappa shape index (κ3) is 38.2. The first kappa shape index (κ1) is 63.9. The standard InChI is InChI=1S/C60H101NO8/c1-3-5-7-9-11-13-15-16-17-18-19-20-21-22-23-24-25-26-27-28-29-30-31-32-33-34-35-36-37-38-40-42-44-46-48-50-56(64)61-53(52-68-60-59(67)58(66)57(65)55(51-62)69-60)54(63)49-47-45-43-41-39-14-12-10-8-6-4-2/h5,7,11,13,16-17,19-20,22-23,25-26,28-29,31-32,34-35,53-55,57-60,62-63,65-67H,3-4,6,8-10,12,14-15,18,21,24,27,30,33,36-52H2,1-2H3,(H,61,64)/b7-5-,13-11-,17-16-,20-19-,23-22-,26-25-,29-28-,32-31-,35-34-. The van der Waals surface area contributed by atoms with Crippen LogP contribution in [-0.4, -0.2) is 87.5 Å². The maximum Gasteiger partial charge on any atom is 0.220 e. The molecular weight excluding hydrogens is 863 g/mol. The molecule has 0 aromatic carbocycles. The fraction of sp³-hybridized carbons (Fsp3) is 0.683. The third-order valence-corrected chi connectivity index (χ3v) is 12.4. The van der Waals surface area contributed by atoms with Gasteiger partial charge in [-0.15, -0.1) is 0 Å². The highest BCUT2D eigenvalue weighted by Crippen LogP contribution is 2.23. The smallest absolute Gasteiger partial charge is 0.220 e. The SMILES string of the molecule is CC/C=C\C/C=C\C/C=C\C/C=C\C/C=C\C/C=C\C/C=C\C/C=C\C/C=C\CCCCCCCCCC(=O)NC(COC1OC(CO)C(O)C(O)C1O)C(O)CCCCCCCCCCCCC. The van der Waals surface area contributed by atoms with Gasteiger partial charge in [0.1, 0.15) is 24.4 Å². The lowest BCUT2D eigenvalue weighted by Crippen LogP contribution is -2.60. The van der Waals surface area contributed by atoms with Gasteiger partial charge in [0.25, 0.3) is 0 Å². The van der Waals surface area contributed by atoms with Crippen LogP contribution in [0.5, 0.6) is 0 Å². The zero-order chi connectivity index (χ0) is 50.1. The molecule has 0 radical (unpaired) electrons. The minimum atomic E-state index is -1.56. The quantitative estimate of drug-likeness (QED) is 0.0261. The molecule has 1 amide bonds. The monoisotopic (exact) mass is 964 g/mol. The van der Waals surface area contributed by atoms with Crippen molar-refractivity contribution in [1.29, 1.82) is 0 Å². The number of carbonyl (C=O) groups excluding carboxylic acids is 1. The molecule has 0 aliphatic carbocycles. The predicted octanol–water partition coefficient (Wildman–Crippen LogP) is 13.4. The topological polar surface area (TPSA) is 149 Å². The third-order valence-electron chi connectivity index (χ3n) is 12.4. The second-order valence-electron chi connectivity index (χ2n) is 18.6. The molecule has 1 aliphatic heterocycles. The lowest BCUT2D eigenvalue weighted by molar-refractivity contribution is -0.302. The van der Waals surface area contributed by atoms with Gasteiger partial charge in [-0.1, -0.05) is 226 Å². The maximum atomic E-state index is 13.0. The Bertz CT molecular complexity index is 1440. The second-order valence-corrected chi connectivity index (χ2v) is 18.6. The zero-order valence-electron chi connectivity index (χ0n) is 43.5. The summed E-state index contributed by atoms with van der Waals surface area (Å²) in [5.74, 6) is -0.162. The molecule has 1 rings (SSSR count). The minimum absolute atomic E-state index is 0.149. The number of rotatable bonds is 45. The molecule has 1 aliphatic rings. The van der Waals surface area contributed by atoms with Crippen LogP contribution in [0.3, 0.4) is 0 Å². The van der Waals surface area contributed by atoms with Gasteiger partial charge >= 0.3 is 0 Å². The highest BCUT2D eigenvalue weighted by Gasteiger charge is 2.44.